The van der Waals surface area contributed by atoms with Crippen LogP contribution in [0.3, 0.4) is 0 Å². The van der Waals surface area contributed by atoms with Gasteiger partial charge in [0.05, 0.1) is 0 Å². The monoisotopic (exact) mass is 227 g/mol. The smallest absolute Gasteiger partial charge is 0.00170 e. The van der Waals surface area contributed by atoms with Gasteiger partial charge in [0.15, 0.2) is 0 Å². The molecule has 1 aliphatic heterocycles. The average Bonchev–Trinajstić information content (AvgIpc) is 2.75. The Bertz CT molecular complexity index is 159. The van der Waals surface area contributed by atoms with Gasteiger partial charge in [-0.2, -0.15) is 0 Å². The van der Waals surface area contributed by atoms with Gasteiger partial charge in [0.25, 0.3) is 0 Å². The zero-order valence-electron chi connectivity index (χ0n) is 12.6. The molecule has 1 unspecified atom stereocenters. The van der Waals surface area contributed by atoms with Crippen molar-refractivity contribution in [2.75, 3.05) is 13.1 Å². The standard InChI is InChI=1S/C11H21N.2C2H6/c1-9(11(2,3)4)7-10-5-6-12-8-10;2*1-2/h10,12H,1,5-8H2,2-4H3;2*1-2H3. The fraction of sp³-hybridized carbons (Fsp3) is 0.867. The third kappa shape index (κ3) is 7.92. The average molecular weight is 227 g/mol. The summed E-state index contributed by atoms with van der Waals surface area (Å²) in [5.41, 5.74) is 1.69. The molecule has 0 bridgehead atoms. The Labute approximate surface area is 104 Å². The van der Waals surface area contributed by atoms with Crippen molar-refractivity contribution in [3.8, 4) is 0 Å². The van der Waals surface area contributed by atoms with Crippen LogP contribution < -0.4 is 5.32 Å². The molecule has 0 saturated carbocycles. The lowest BCUT2D eigenvalue weighted by Gasteiger charge is -2.24. The van der Waals surface area contributed by atoms with E-state index in [1.807, 2.05) is 27.7 Å². The zero-order valence-corrected chi connectivity index (χ0v) is 12.6. The van der Waals surface area contributed by atoms with Gasteiger partial charge in [0.1, 0.15) is 0 Å². The van der Waals surface area contributed by atoms with Crippen LogP contribution in [0, 0.1) is 11.3 Å². The number of hydrogen-bond donors (Lipinski definition) is 1. The van der Waals surface area contributed by atoms with E-state index in [1.165, 1.54) is 31.5 Å². The summed E-state index contributed by atoms with van der Waals surface area (Å²) in [4.78, 5) is 0. The molecule has 0 amide bonds. The van der Waals surface area contributed by atoms with E-state index >= 15 is 0 Å². The second-order valence-corrected chi connectivity index (χ2v) is 4.92. The molecule has 1 aliphatic rings. The van der Waals surface area contributed by atoms with Crippen LogP contribution in [0.4, 0.5) is 0 Å². The van der Waals surface area contributed by atoms with Gasteiger partial charge >= 0.3 is 0 Å². The van der Waals surface area contributed by atoms with Crippen LogP contribution >= 0.6 is 0 Å². The van der Waals surface area contributed by atoms with Crippen molar-refractivity contribution in [1.29, 1.82) is 0 Å². The first-order valence-corrected chi connectivity index (χ1v) is 6.89. The predicted molar refractivity (Wildman–Crippen MR) is 76.9 cm³/mol. The zero-order chi connectivity index (χ0) is 13.2. The Morgan fingerprint density at radius 2 is 1.69 bits per heavy atom. The molecule has 0 aromatic rings. The van der Waals surface area contributed by atoms with Crippen molar-refractivity contribution in [2.24, 2.45) is 11.3 Å². The van der Waals surface area contributed by atoms with Crippen molar-refractivity contribution in [3.63, 3.8) is 0 Å². The quantitative estimate of drug-likeness (QED) is 0.678. The normalized spacial score (nSPS) is 19.1. The molecule has 0 spiro atoms. The third-order valence-electron chi connectivity index (χ3n) is 2.76. The fourth-order valence-electron chi connectivity index (χ4n) is 1.54. The molecule has 0 aromatic heterocycles. The number of hydrogen-bond acceptors (Lipinski definition) is 1. The number of rotatable bonds is 2. The third-order valence-corrected chi connectivity index (χ3v) is 2.76. The Hall–Kier alpha value is -0.300. The van der Waals surface area contributed by atoms with Crippen LogP contribution in [-0.4, -0.2) is 13.1 Å². The summed E-state index contributed by atoms with van der Waals surface area (Å²) in [6.45, 7) is 21.3. The van der Waals surface area contributed by atoms with Gasteiger partial charge in [-0.05, 0) is 37.3 Å². The highest BCUT2D eigenvalue weighted by Crippen LogP contribution is 2.30. The molecule has 0 aliphatic carbocycles. The predicted octanol–water partition coefficient (Wildman–Crippen LogP) is 4.64. The van der Waals surface area contributed by atoms with Gasteiger partial charge in [-0.3, -0.25) is 0 Å². The maximum atomic E-state index is 4.16. The summed E-state index contributed by atoms with van der Waals surface area (Å²) in [5, 5.41) is 3.39. The maximum absolute atomic E-state index is 4.16. The Kier molecular flexibility index (Phi) is 11.2. The summed E-state index contributed by atoms with van der Waals surface area (Å²) >= 11 is 0. The van der Waals surface area contributed by atoms with Crippen LogP contribution in [0.5, 0.6) is 0 Å². The first-order valence-electron chi connectivity index (χ1n) is 6.89. The van der Waals surface area contributed by atoms with Gasteiger partial charge in [0, 0.05) is 0 Å². The maximum Gasteiger partial charge on any atom is -0.00170 e. The minimum atomic E-state index is 0.294. The van der Waals surface area contributed by atoms with Gasteiger partial charge in [-0.15, -0.1) is 0 Å². The van der Waals surface area contributed by atoms with E-state index < -0.39 is 0 Å². The molecule has 1 saturated heterocycles. The van der Waals surface area contributed by atoms with Crippen LogP contribution in [0.2, 0.25) is 0 Å². The van der Waals surface area contributed by atoms with E-state index in [0.29, 0.717) is 5.41 Å². The van der Waals surface area contributed by atoms with E-state index in [-0.39, 0.29) is 0 Å². The topological polar surface area (TPSA) is 12.0 Å². The van der Waals surface area contributed by atoms with Crippen LogP contribution in [-0.2, 0) is 0 Å². The largest absolute Gasteiger partial charge is 0.316 e. The molecule has 1 nitrogen and oxygen atoms in total. The Balaban J connectivity index is 0. The summed E-state index contributed by atoms with van der Waals surface area (Å²) in [7, 11) is 0. The lowest BCUT2D eigenvalue weighted by Crippen LogP contribution is -2.14. The van der Waals surface area contributed by atoms with E-state index in [4.69, 9.17) is 0 Å². The van der Waals surface area contributed by atoms with E-state index in [1.54, 1.807) is 0 Å². The van der Waals surface area contributed by atoms with Crippen LogP contribution in [0.25, 0.3) is 0 Å². The van der Waals surface area contributed by atoms with Crippen LogP contribution in [0.15, 0.2) is 12.2 Å². The van der Waals surface area contributed by atoms with Crippen molar-refractivity contribution in [3.05, 3.63) is 12.2 Å². The molecule has 0 radical (unpaired) electrons. The van der Waals surface area contributed by atoms with E-state index in [2.05, 4.69) is 32.7 Å². The highest BCUT2D eigenvalue weighted by atomic mass is 14.9. The van der Waals surface area contributed by atoms with E-state index in [9.17, 15) is 0 Å². The summed E-state index contributed by atoms with van der Waals surface area (Å²) in [5.74, 6) is 0.844. The molecule has 1 heterocycles. The molecule has 1 N–H and O–H groups in total. The second-order valence-electron chi connectivity index (χ2n) is 4.92. The molecule has 1 fully saturated rings. The molecule has 1 heteroatoms. The summed E-state index contributed by atoms with van der Waals surface area (Å²) in [6.07, 6.45) is 2.53. The highest BCUT2D eigenvalue weighted by Gasteiger charge is 2.21. The molecular formula is C15H33N. The first-order chi connectivity index (χ1) is 7.50. The summed E-state index contributed by atoms with van der Waals surface area (Å²) in [6, 6.07) is 0. The second kappa shape index (κ2) is 9.89. The molecule has 1 rings (SSSR count). The Morgan fingerprint density at radius 1 is 1.19 bits per heavy atom. The minimum Gasteiger partial charge on any atom is -0.316 e. The van der Waals surface area contributed by atoms with Crippen LogP contribution in [0.1, 0.15) is 61.3 Å². The molecule has 1 atom stereocenters. The summed E-state index contributed by atoms with van der Waals surface area (Å²) < 4.78 is 0. The Morgan fingerprint density at radius 3 is 2.00 bits per heavy atom. The van der Waals surface area contributed by atoms with Crippen molar-refractivity contribution < 1.29 is 0 Å². The lowest BCUT2D eigenvalue weighted by atomic mass is 9.82. The molecular weight excluding hydrogens is 194 g/mol. The molecule has 98 valence electrons. The molecule has 16 heavy (non-hydrogen) atoms. The van der Waals surface area contributed by atoms with Crippen molar-refractivity contribution >= 4 is 0 Å². The van der Waals surface area contributed by atoms with Crippen molar-refractivity contribution in [1.82, 2.24) is 5.32 Å². The van der Waals surface area contributed by atoms with Gasteiger partial charge in [-0.1, -0.05) is 60.6 Å². The van der Waals surface area contributed by atoms with Gasteiger partial charge in [0.2, 0.25) is 0 Å². The number of nitrogens with one attached hydrogen (secondary N) is 1. The van der Waals surface area contributed by atoms with E-state index in [0.717, 1.165) is 5.92 Å². The highest BCUT2D eigenvalue weighted by molar-refractivity contribution is 5.06. The minimum absolute atomic E-state index is 0.294. The molecule has 0 aromatic carbocycles. The van der Waals surface area contributed by atoms with Crippen molar-refractivity contribution in [2.45, 2.75) is 61.3 Å². The first kappa shape index (κ1) is 18.1. The van der Waals surface area contributed by atoms with Gasteiger partial charge in [-0.25, -0.2) is 0 Å². The lowest BCUT2D eigenvalue weighted by molar-refractivity contribution is 0.443. The SMILES string of the molecule is C=C(CC1CCNC1)C(C)(C)C.CC.CC. The number of allylic oxidation sites excluding steroid dienone is 1. The van der Waals surface area contributed by atoms with Gasteiger partial charge < -0.3 is 5.32 Å². The fourth-order valence-corrected chi connectivity index (χ4v) is 1.54.